The number of benzene rings is 1. The zero-order valence-electron chi connectivity index (χ0n) is 14.4. The van der Waals surface area contributed by atoms with Gasteiger partial charge < -0.3 is 19.6 Å². The van der Waals surface area contributed by atoms with Crippen LogP contribution in [-0.2, 0) is 16.1 Å². The molecule has 3 heterocycles. The SMILES string of the molecule is C[C@H](NC(=O)[C@@H]1CC(=O)N(Cc2ccco2)C1)c1nc2ccccc2[nH]1. The van der Waals surface area contributed by atoms with E-state index in [1.807, 2.05) is 37.3 Å². The summed E-state index contributed by atoms with van der Waals surface area (Å²) in [6, 6.07) is 11.1. The number of aromatic nitrogens is 2. The summed E-state index contributed by atoms with van der Waals surface area (Å²) in [5.41, 5.74) is 1.80. The topological polar surface area (TPSA) is 91.2 Å². The Balaban J connectivity index is 1.39. The third-order valence-corrected chi connectivity index (χ3v) is 4.69. The Kier molecular flexibility index (Phi) is 4.20. The summed E-state index contributed by atoms with van der Waals surface area (Å²) >= 11 is 0. The van der Waals surface area contributed by atoms with E-state index in [4.69, 9.17) is 4.42 Å². The van der Waals surface area contributed by atoms with Crippen LogP contribution in [0.25, 0.3) is 11.0 Å². The van der Waals surface area contributed by atoms with Gasteiger partial charge in [-0.2, -0.15) is 0 Å². The highest BCUT2D eigenvalue weighted by atomic mass is 16.3. The van der Waals surface area contributed by atoms with Gasteiger partial charge >= 0.3 is 0 Å². The number of furan rings is 1. The van der Waals surface area contributed by atoms with Crippen LogP contribution < -0.4 is 5.32 Å². The van der Waals surface area contributed by atoms with Gasteiger partial charge in [0, 0.05) is 13.0 Å². The fraction of sp³-hybridized carbons (Fsp3) is 0.316. The average molecular weight is 352 g/mol. The lowest BCUT2D eigenvalue weighted by Gasteiger charge is -2.17. The number of nitrogens with one attached hydrogen (secondary N) is 2. The Labute approximate surface area is 150 Å². The van der Waals surface area contributed by atoms with Crippen LogP contribution in [0.1, 0.15) is 31.0 Å². The number of H-pyrrole nitrogens is 1. The van der Waals surface area contributed by atoms with Crippen LogP contribution >= 0.6 is 0 Å². The minimum absolute atomic E-state index is 0.0297. The highest BCUT2D eigenvalue weighted by Crippen LogP contribution is 2.22. The van der Waals surface area contributed by atoms with Crippen molar-refractivity contribution in [2.45, 2.75) is 25.9 Å². The number of carbonyl (C=O) groups is 2. The molecule has 2 atom stereocenters. The van der Waals surface area contributed by atoms with Gasteiger partial charge in [-0.05, 0) is 31.2 Å². The molecule has 1 fully saturated rings. The van der Waals surface area contributed by atoms with Crippen LogP contribution in [-0.4, -0.2) is 33.2 Å². The Morgan fingerprint density at radius 2 is 2.23 bits per heavy atom. The molecule has 0 radical (unpaired) electrons. The first kappa shape index (κ1) is 16.4. The van der Waals surface area contributed by atoms with Crippen molar-refractivity contribution in [3.63, 3.8) is 0 Å². The maximum Gasteiger partial charge on any atom is 0.226 e. The third kappa shape index (κ3) is 3.20. The van der Waals surface area contributed by atoms with Crippen molar-refractivity contribution in [3.05, 3.63) is 54.2 Å². The molecule has 0 saturated carbocycles. The van der Waals surface area contributed by atoms with Crippen LogP contribution in [0.2, 0.25) is 0 Å². The third-order valence-electron chi connectivity index (χ3n) is 4.69. The molecule has 0 unspecified atom stereocenters. The molecule has 2 amide bonds. The van der Waals surface area contributed by atoms with Gasteiger partial charge in [0.15, 0.2) is 0 Å². The van der Waals surface area contributed by atoms with Gasteiger partial charge in [-0.3, -0.25) is 9.59 Å². The second-order valence-corrected chi connectivity index (χ2v) is 6.62. The zero-order valence-corrected chi connectivity index (χ0v) is 14.4. The second kappa shape index (κ2) is 6.67. The molecule has 1 aliphatic rings. The van der Waals surface area contributed by atoms with Crippen molar-refractivity contribution >= 4 is 22.8 Å². The van der Waals surface area contributed by atoms with Gasteiger partial charge in [0.1, 0.15) is 11.6 Å². The first-order valence-corrected chi connectivity index (χ1v) is 8.65. The van der Waals surface area contributed by atoms with Crippen molar-refractivity contribution in [3.8, 4) is 0 Å². The van der Waals surface area contributed by atoms with Crippen molar-refractivity contribution < 1.29 is 14.0 Å². The number of rotatable bonds is 5. The first-order chi connectivity index (χ1) is 12.6. The molecule has 1 aliphatic heterocycles. The molecule has 0 bridgehead atoms. The minimum Gasteiger partial charge on any atom is -0.467 e. The summed E-state index contributed by atoms with van der Waals surface area (Å²) in [6.45, 7) is 2.68. The Hall–Kier alpha value is -3.09. The molecular weight excluding hydrogens is 332 g/mol. The van der Waals surface area contributed by atoms with E-state index >= 15 is 0 Å². The summed E-state index contributed by atoms with van der Waals surface area (Å²) in [5.74, 6) is 0.904. The Bertz CT molecular complexity index is 898. The number of imidazole rings is 1. The van der Waals surface area contributed by atoms with E-state index in [-0.39, 0.29) is 30.2 Å². The monoisotopic (exact) mass is 352 g/mol. The quantitative estimate of drug-likeness (QED) is 0.737. The predicted octanol–water partition coefficient (Wildman–Crippen LogP) is 2.38. The lowest BCUT2D eigenvalue weighted by atomic mass is 10.1. The molecule has 1 aromatic carbocycles. The number of nitrogens with zero attached hydrogens (tertiary/aromatic N) is 2. The van der Waals surface area contributed by atoms with Crippen molar-refractivity contribution in [2.75, 3.05) is 6.54 Å². The smallest absolute Gasteiger partial charge is 0.226 e. The molecule has 26 heavy (non-hydrogen) atoms. The molecule has 7 nitrogen and oxygen atoms in total. The molecule has 2 N–H and O–H groups in total. The van der Waals surface area contributed by atoms with Crippen molar-refractivity contribution in [2.24, 2.45) is 5.92 Å². The van der Waals surface area contributed by atoms with Gasteiger partial charge in [0.25, 0.3) is 0 Å². The van der Waals surface area contributed by atoms with Crippen LogP contribution in [0, 0.1) is 5.92 Å². The zero-order chi connectivity index (χ0) is 18.1. The van der Waals surface area contributed by atoms with E-state index in [1.165, 1.54) is 0 Å². The lowest BCUT2D eigenvalue weighted by Crippen LogP contribution is -2.34. The molecule has 1 saturated heterocycles. The van der Waals surface area contributed by atoms with E-state index in [1.54, 1.807) is 17.2 Å². The van der Waals surface area contributed by atoms with Gasteiger partial charge in [0.05, 0.1) is 35.8 Å². The number of carbonyl (C=O) groups excluding carboxylic acids is 2. The van der Waals surface area contributed by atoms with Gasteiger partial charge in [-0.1, -0.05) is 12.1 Å². The van der Waals surface area contributed by atoms with Crippen LogP contribution in [0.3, 0.4) is 0 Å². The molecule has 2 aromatic heterocycles. The standard InChI is InChI=1S/C19H20N4O3/c1-12(18-21-15-6-2-3-7-16(15)22-18)20-19(25)13-9-17(24)23(10-13)11-14-5-4-8-26-14/h2-8,12-13H,9-11H2,1H3,(H,20,25)(H,21,22)/t12-,13+/m0/s1. The van der Waals surface area contributed by atoms with Crippen LogP contribution in [0.4, 0.5) is 0 Å². The van der Waals surface area contributed by atoms with Gasteiger partial charge in [-0.25, -0.2) is 4.98 Å². The number of hydrogen-bond donors (Lipinski definition) is 2. The highest BCUT2D eigenvalue weighted by Gasteiger charge is 2.35. The fourth-order valence-corrected chi connectivity index (χ4v) is 3.27. The molecule has 7 heteroatoms. The summed E-state index contributed by atoms with van der Waals surface area (Å²) in [5, 5.41) is 2.96. The Morgan fingerprint density at radius 1 is 1.38 bits per heavy atom. The Morgan fingerprint density at radius 3 is 3.00 bits per heavy atom. The molecule has 0 spiro atoms. The minimum atomic E-state index is -0.357. The summed E-state index contributed by atoms with van der Waals surface area (Å²) in [7, 11) is 0. The van der Waals surface area contributed by atoms with E-state index in [0.717, 1.165) is 16.8 Å². The molecule has 134 valence electrons. The van der Waals surface area contributed by atoms with E-state index in [2.05, 4.69) is 15.3 Å². The summed E-state index contributed by atoms with van der Waals surface area (Å²) in [6.07, 6.45) is 1.80. The second-order valence-electron chi connectivity index (χ2n) is 6.62. The highest BCUT2D eigenvalue weighted by molar-refractivity contribution is 5.89. The number of amides is 2. The van der Waals surface area contributed by atoms with E-state index in [0.29, 0.717) is 18.9 Å². The molecule has 4 rings (SSSR count). The van der Waals surface area contributed by atoms with Crippen molar-refractivity contribution in [1.82, 2.24) is 20.2 Å². The van der Waals surface area contributed by atoms with E-state index in [9.17, 15) is 9.59 Å². The first-order valence-electron chi connectivity index (χ1n) is 8.65. The number of hydrogen-bond acceptors (Lipinski definition) is 4. The fourth-order valence-electron chi connectivity index (χ4n) is 3.27. The van der Waals surface area contributed by atoms with Gasteiger partial charge in [-0.15, -0.1) is 0 Å². The maximum atomic E-state index is 12.6. The average Bonchev–Trinajstić information content (AvgIpc) is 3.35. The molecule has 0 aliphatic carbocycles. The molecular formula is C19H20N4O3. The van der Waals surface area contributed by atoms with Crippen molar-refractivity contribution in [1.29, 1.82) is 0 Å². The summed E-state index contributed by atoms with van der Waals surface area (Å²) in [4.78, 5) is 34.2. The van der Waals surface area contributed by atoms with Gasteiger partial charge in [0.2, 0.25) is 11.8 Å². The largest absolute Gasteiger partial charge is 0.467 e. The molecule has 3 aromatic rings. The van der Waals surface area contributed by atoms with Crippen LogP contribution in [0.5, 0.6) is 0 Å². The number of likely N-dealkylation sites (tertiary alicyclic amines) is 1. The number of fused-ring (bicyclic) bond motifs is 1. The number of para-hydroxylation sites is 2. The predicted molar refractivity (Wildman–Crippen MR) is 94.9 cm³/mol. The van der Waals surface area contributed by atoms with Crippen LogP contribution in [0.15, 0.2) is 47.1 Å². The number of aromatic amines is 1. The maximum absolute atomic E-state index is 12.6. The normalized spacial score (nSPS) is 18.4. The summed E-state index contributed by atoms with van der Waals surface area (Å²) < 4.78 is 5.28. The lowest BCUT2D eigenvalue weighted by molar-refractivity contribution is -0.129. The van der Waals surface area contributed by atoms with E-state index < -0.39 is 0 Å².